The number of rotatable bonds is 5. The summed E-state index contributed by atoms with van der Waals surface area (Å²) in [4.78, 5) is 12.0. The fourth-order valence-electron chi connectivity index (χ4n) is 1.60. The summed E-state index contributed by atoms with van der Waals surface area (Å²) in [6.45, 7) is 2.13. The number of benzene rings is 1. The number of nitrogens with one attached hydrogen (secondary N) is 1. The molecule has 3 N–H and O–H groups in total. The number of aryl methyl sites for hydroxylation is 1. The first kappa shape index (κ1) is 13.5. The summed E-state index contributed by atoms with van der Waals surface area (Å²) in [5.74, 6) is -0.253. The third-order valence-electron chi connectivity index (χ3n) is 2.64. The Hall–Kier alpha value is -1.95. The van der Waals surface area contributed by atoms with Gasteiger partial charge < -0.3 is 5.73 Å². The summed E-state index contributed by atoms with van der Waals surface area (Å²) in [5, 5.41) is 12.2. The quantitative estimate of drug-likeness (QED) is 0.823. The Bertz CT molecular complexity index is 567. The molecule has 1 heterocycles. The maximum absolute atomic E-state index is 12.0. The summed E-state index contributed by atoms with van der Waals surface area (Å²) in [7, 11) is 0. The first-order valence-corrected chi connectivity index (χ1v) is 7.00. The van der Waals surface area contributed by atoms with Crippen molar-refractivity contribution < 1.29 is 4.79 Å². The minimum atomic E-state index is -0.253. The highest BCUT2D eigenvalue weighted by Crippen LogP contribution is 2.19. The van der Waals surface area contributed by atoms with E-state index in [1.165, 1.54) is 11.3 Å². The van der Waals surface area contributed by atoms with Crippen LogP contribution in [0.1, 0.15) is 35.1 Å². The van der Waals surface area contributed by atoms with Crippen LogP contribution in [0.2, 0.25) is 0 Å². The largest absolute Gasteiger partial charge is 0.398 e. The van der Waals surface area contributed by atoms with Gasteiger partial charge in [0.15, 0.2) is 0 Å². The van der Waals surface area contributed by atoms with Crippen LogP contribution in [0.4, 0.5) is 10.8 Å². The molecule has 0 saturated carbocycles. The van der Waals surface area contributed by atoms with E-state index in [1.54, 1.807) is 24.3 Å². The Morgan fingerprint density at radius 1 is 1.37 bits per heavy atom. The van der Waals surface area contributed by atoms with Gasteiger partial charge in [-0.25, -0.2) is 0 Å². The van der Waals surface area contributed by atoms with E-state index in [4.69, 9.17) is 5.73 Å². The van der Waals surface area contributed by atoms with Gasteiger partial charge in [0.1, 0.15) is 5.01 Å². The van der Waals surface area contributed by atoms with Crippen molar-refractivity contribution in [3.8, 4) is 0 Å². The lowest BCUT2D eigenvalue weighted by Crippen LogP contribution is -2.13. The summed E-state index contributed by atoms with van der Waals surface area (Å²) in [6.07, 6.45) is 3.09. The molecule has 0 bridgehead atoms. The minimum Gasteiger partial charge on any atom is -0.398 e. The number of para-hydroxylation sites is 1. The Kier molecular flexibility index (Phi) is 4.46. The molecule has 1 amide bonds. The molecule has 2 rings (SSSR count). The molecule has 0 unspecified atom stereocenters. The maximum Gasteiger partial charge on any atom is 0.259 e. The number of hydrogen-bond acceptors (Lipinski definition) is 5. The molecule has 2 aromatic rings. The van der Waals surface area contributed by atoms with Crippen molar-refractivity contribution in [2.75, 3.05) is 11.1 Å². The standard InChI is InChI=1S/C13H16N4OS/c1-2-3-8-11-16-17-13(19-11)15-12(18)9-6-4-5-7-10(9)14/h4-7H,2-3,8,14H2,1H3,(H,15,17,18). The van der Waals surface area contributed by atoms with E-state index in [9.17, 15) is 4.79 Å². The molecule has 0 spiro atoms. The van der Waals surface area contributed by atoms with Gasteiger partial charge in [-0.1, -0.05) is 36.8 Å². The minimum absolute atomic E-state index is 0.253. The Morgan fingerprint density at radius 3 is 2.89 bits per heavy atom. The molecule has 6 heteroatoms. The molecule has 1 aromatic carbocycles. The third-order valence-corrected chi connectivity index (χ3v) is 3.54. The normalized spacial score (nSPS) is 10.4. The molecule has 0 aliphatic rings. The summed E-state index contributed by atoms with van der Waals surface area (Å²) >= 11 is 1.41. The molecule has 5 nitrogen and oxygen atoms in total. The van der Waals surface area contributed by atoms with Crippen LogP contribution in [0, 0.1) is 0 Å². The molecule has 1 aromatic heterocycles. The van der Waals surface area contributed by atoms with E-state index in [2.05, 4.69) is 22.4 Å². The van der Waals surface area contributed by atoms with Gasteiger partial charge in [0, 0.05) is 12.1 Å². The highest BCUT2D eigenvalue weighted by atomic mass is 32.1. The predicted molar refractivity (Wildman–Crippen MR) is 77.3 cm³/mol. The number of unbranched alkanes of at least 4 members (excludes halogenated alkanes) is 1. The van der Waals surface area contributed by atoms with E-state index in [0.29, 0.717) is 16.4 Å². The monoisotopic (exact) mass is 276 g/mol. The number of carbonyl (C=O) groups is 1. The van der Waals surface area contributed by atoms with E-state index in [-0.39, 0.29) is 5.91 Å². The van der Waals surface area contributed by atoms with E-state index in [0.717, 1.165) is 24.3 Å². The third kappa shape index (κ3) is 3.51. The lowest BCUT2D eigenvalue weighted by molar-refractivity contribution is 0.102. The lowest BCUT2D eigenvalue weighted by atomic mass is 10.2. The van der Waals surface area contributed by atoms with Gasteiger partial charge in [-0.3, -0.25) is 10.1 Å². The van der Waals surface area contributed by atoms with Gasteiger partial charge in [0.2, 0.25) is 5.13 Å². The van der Waals surface area contributed by atoms with Crippen LogP contribution in [0.25, 0.3) is 0 Å². The number of anilines is 2. The summed E-state index contributed by atoms with van der Waals surface area (Å²) in [6, 6.07) is 6.95. The van der Waals surface area contributed by atoms with E-state index < -0.39 is 0 Å². The molecule has 0 aliphatic heterocycles. The van der Waals surface area contributed by atoms with Crippen molar-refractivity contribution in [1.29, 1.82) is 0 Å². The van der Waals surface area contributed by atoms with Crippen molar-refractivity contribution in [3.63, 3.8) is 0 Å². The average molecular weight is 276 g/mol. The number of nitrogens with zero attached hydrogens (tertiary/aromatic N) is 2. The molecule has 0 fully saturated rings. The van der Waals surface area contributed by atoms with Gasteiger partial charge in [0.05, 0.1) is 5.56 Å². The highest BCUT2D eigenvalue weighted by molar-refractivity contribution is 7.15. The van der Waals surface area contributed by atoms with E-state index in [1.807, 2.05) is 0 Å². The van der Waals surface area contributed by atoms with Crippen LogP contribution >= 0.6 is 11.3 Å². The van der Waals surface area contributed by atoms with Crippen molar-refractivity contribution in [3.05, 3.63) is 34.8 Å². The average Bonchev–Trinajstić information content (AvgIpc) is 2.84. The molecule has 0 saturated heterocycles. The van der Waals surface area contributed by atoms with Crippen LogP contribution < -0.4 is 11.1 Å². The highest BCUT2D eigenvalue weighted by Gasteiger charge is 2.12. The van der Waals surface area contributed by atoms with Crippen molar-refractivity contribution >= 4 is 28.1 Å². The number of aromatic nitrogens is 2. The van der Waals surface area contributed by atoms with Crippen LogP contribution in [0.3, 0.4) is 0 Å². The second-order valence-electron chi connectivity index (χ2n) is 4.15. The van der Waals surface area contributed by atoms with Gasteiger partial charge in [-0.05, 0) is 18.6 Å². The number of amides is 1. The topological polar surface area (TPSA) is 80.9 Å². The van der Waals surface area contributed by atoms with Crippen LogP contribution in [0.5, 0.6) is 0 Å². The zero-order valence-corrected chi connectivity index (χ0v) is 11.5. The smallest absolute Gasteiger partial charge is 0.259 e. The van der Waals surface area contributed by atoms with Crippen molar-refractivity contribution in [2.24, 2.45) is 0 Å². The van der Waals surface area contributed by atoms with E-state index >= 15 is 0 Å². The molecule has 19 heavy (non-hydrogen) atoms. The number of nitrogen functional groups attached to an aromatic ring is 1. The number of hydrogen-bond donors (Lipinski definition) is 2. The Balaban J connectivity index is 2.03. The fourth-order valence-corrected chi connectivity index (χ4v) is 2.38. The van der Waals surface area contributed by atoms with Crippen molar-refractivity contribution in [1.82, 2.24) is 10.2 Å². The van der Waals surface area contributed by atoms with Gasteiger partial charge in [-0.2, -0.15) is 0 Å². The zero-order chi connectivity index (χ0) is 13.7. The zero-order valence-electron chi connectivity index (χ0n) is 10.7. The number of nitrogens with two attached hydrogens (primary N) is 1. The summed E-state index contributed by atoms with van der Waals surface area (Å²) in [5.41, 5.74) is 6.66. The Labute approximate surface area is 115 Å². The first-order chi connectivity index (χ1) is 9.20. The maximum atomic E-state index is 12.0. The second-order valence-corrected chi connectivity index (χ2v) is 5.21. The Morgan fingerprint density at radius 2 is 2.16 bits per heavy atom. The SMILES string of the molecule is CCCCc1nnc(NC(=O)c2ccccc2N)s1. The van der Waals surface area contributed by atoms with Gasteiger partial charge in [-0.15, -0.1) is 10.2 Å². The molecule has 0 aliphatic carbocycles. The molecular weight excluding hydrogens is 260 g/mol. The predicted octanol–water partition coefficient (Wildman–Crippen LogP) is 2.72. The van der Waals surface area contributed by atoms with Crippen molar-refractivity contribution in [2.45, 2.75) is 26.2 Å². The fraction of sp³-hybridized carbons (Fsp3) is 0.308. The van der Waals surface area contributed by atoms with Crippen LogP contribution in [0.15, 0.2) is 24.3 Å². The van der Waals surface area contributed by atoms with Gasteiger partial charge in [0.25, 0.3) is 5.91 Å². The molecule has 0 radical (unpaired) electrons. The number of carbonyl (C=O) groups excluding carboxylic acids is 1. The van der Waals surface area contributed by atoms with Crippen LogP contribution in [-0.4, -0.2) is 16.1 Å². The first-order valence-electron chi connectivity index (χ1n) is 6.19. The molecule has 0 atom stereocenters. The lowest BCUT2D eigenvalue weighted by Gasteiger charge is -2.03. The molecular formula is C13H16N4OS. The molecule has 100 valence electrons. The van der Waals surface area contributed by atoms with Crippen LogP contribution in [-0.2, 0) is 6.42 Å². The summed E-state index contributed by atoms with van der Waals surface area (Å²) < 4.78 is 0. The second kappa shape index (κ2) is 6.29. The van der Waals surface area contributed by atoms with Gasteiger partial charge >= 0.3 is 0 Å².